The van der Waals surface area contributed by atoms with E-state index in [4.69, 9.17) is 4.74 Å². The molecule has 0 amide bonds. The molecule has 0 atom stereocenters. The van der Waals surface area contributed by atoms with Crippen molar-refractivity contribution in [3.05, 3.63) is 53.9 Å². The van der Waals surface area contributed by atoms with Crippen LogP contribution in [0.2, 0.25) is 0 Å². The molecule has 0 unspecified atom stereocenters. The van der Waals surface area contributed by atoms with Gasteiger partial charge in [-0.15, -0.1) is 0 Å². The minimum atomic E-state index is -0.0740. The number of rotatable bonds is 5. The number of H-pyrrole nitrogens is 1. The van der Waals surface area contributed by atoms with E-state index >= 15 is 0 Å². The Morgan fingerprint density at radius 1 is 1.26 bits per heavy atom. The van der Waals surface area contributed by atoms with Gasteiger partial charge in [0.05, 0.1) is 11.8 Å². The molecule has 3 aromatic rings. The molecule has 3 rings (SSSR count). The molecule has 0 aliphatic rings. The number of benzene rings is 1. The van der Waals surface area contributed by atoms with Crippen molar-refractivity contribution in [2.45, 2.75) is 27.2 Å². The van der Waals surface area contributed by atoms with Crippen LogP contribution in [-0.4, -0.2) is 15.8 Å². The quantitative estimate of drug-likeness (QED) is 0.692. The fourth-order valence-corrected chi connectivity index (χ4v) is 2.49. The first-order chi connectivity index (χ1) is 11.1. The van der Waals surface area contributed by atoms with E-state index in [1.807, 2.05) is 50.4 Å². The van der Waals surface area contributed by atoms with Crippen molar-refractivity contribution < 1.29 is 9.53 Å². The Morgan fingerprint density at radius 3 is 2.83 bits per heavy atom. The van der Waals surface area contributed by atoms with Crippen LogP contribution in [0.1, 0.15) is 36.7 Å². The van der Waals surface area contributed by atoms with Gasteiger partial charge in [-0.05, 0) is 36.2 Å². The summed E-state index contributed by atoms with van der Waals surface area (Å²) in [6.07, 6.45) is 4.40. The van der Waals surface area contributed by atoms with Gasteiger partial charge in [0.15, 0.2) is 5.78 Å². The minimum Gasteiger partial charge on any atom is -0.455 e. The maximum absolute atomic E-state index is 12.4. The predicted octanol–water partition coefficient (Wildman–Crippen LogP) is 4.76. The topological polar surface area (TPSA) is 55.0 Å². The number of fused-ring (bicyclic) bond motifs is 1. The molecule has 4 nitrogen and oxygen atoms in total. The average Bonchev–Trinajstić information content (AvgIpc) is 3.01. The molecular formula is C19H20N2O2. The molecule has 0 saturated heterocycles. The summed E-state index contributed by atoms with van der Waals surface area (Å²) in [5, 5.41) is 0.978. The van der Waals surface area contributed by atoms with E-state index in [2.05, 4.69) is 16.9 Å². The zero-order valence-corrected chi connectivity index (χ0v) is 13.6. The normalized spacial score (nSPS) is 11.1. The lowest BCUT2D eigenvalue weighted by Crippen LogP contribution is -2.09. The number of carbonyl (C=O) groups excluding carboxylic acids is 1. The molecule has 2 aromatic heterocycles. The maximum Gasteiger partial charge on any atom is 0.169 e. The minimum absolute atomic E-state index is 0.0740. The summed E-state index contributed by atoms with van der Waals surface area (Å²) in [5.41, 5.74) is 2.57. The van der Waals surface area contributed by atoms with Crippen molar-refractivity contribution in [2.24, 2.45) is 5.92 Å². The van der Waals surface area contributed by atoms with Crippen molar-refractivity contribution in [1.82, 2.24) is 9.97 Å². The molecule has 0 fully saturated rings. The summed E-state index contributed by atoms with van der Waals surface area (Å²) >= 11 is 0. The Morgan fingerprint density at radius 2 is 2.09 bits per heavy atom. The van der Waals surface area contributed by atoms with E-state index in [-0.39, 0.29) is 11.7 Å². The van der Waals surface area contributed by atoms with Crippen molar-refractivity contribution >= 4 is 16.8 Å². The van der Waals surface area contributed by atoms with Gasteiger partial charge in [0.25, 0.3) is 0 Å². The molecular weight excluding hydrogens is 288 g/mol. The zero-order chi connectivity index (χ0) is 16.4. The third-order valence-electron chi connectivity index (χ3n) is 3.85. The monoisotopic (exact) mass is 308 g/mol. The molecule has 2 heterocycles. The second-order valence-corrected chi connectivity index (χ2v) is 5.89. The van der Waals surface area contributed by atoms with Crippen LogP contribution in [0.25, 0.3) is 11.0 Å². The van der Waals surface area contributed by atoms with Crippen LogP contribution < -0.4 is 4.74 Å². The van der Waals surface area contributed by atoms with Gasteiger partial charge in [0.1, 0.15) is 17.1 Å². The molecule has 118 valence electrons. The number of nitrogens with zero attached hydrogens (tertiary/aromatic N) is 1. The second kappa shape index (κ2) is 6.24. The number of ketones is 1. The lowest BCUT2D eigenvalue weighted by atomic mass is 9.98. The number of aryl methyl sites for hydroxylation is 1. The number of nitrogens with one attached hydrogen (secondary N) is 1. The Hall–Kier alpha value is -2.62. The van der Waals surface area contributed by atoms with Crippen molar-refractivity contribution in [3.63, 3.8) is 0 Å². The summed E-state index contributed by atoms with van der Waals surface area (Å²) < 4.78 is 6.00. The third-order valence-corrected chi connectivity index (χ3v) is 3.85. The van der Waals surface area contributed by atoms with Gasteiger partial charge in [-0.2, -0.15) is 0 Å². The van der Waals surface area contributed by atoms with Crippen LogP contribution in [0.5, 0.6) is 11.5 Å². The SMILES string of the molecule is CCc1ccc(C(=O)C(C)C)c(Oc2cnc3[nH]ccc3c2)c1. The average molecular weight is 308 g/mol. The Labute approximate surface area is 135 Å². The van der Waals surface area contributed by atoms with E-state index in [0.29, 0.717) is 17.1 Å². The molecule has 0 aliphatic carbocycles. The lowest BCUT2D eigenvalue weighted by Gasteiger charge is -2.13. The standard InChI is InChI=1S/C19H20N2O2/c1-4-13-5-6-16(18(22)12(2)3)17(9-13)23-15-10-14-7-8-20-19(14)21-11-15/h5-12H,4H2,1-3H3,(H,20,21). The molecule has 0 aliphatic heterocycles. The van der Waals surface area contributed by atoms with Crippen molar-refractivity contribution in [1.29, 1.82) is 0 Å². The first-order valence-electron chi connectivity index (χ1n) is 7.86. The van der Waals surface area contributed by atoms with E-state index in [1.165, 1.54) is 0 Å². The first-order valence-corrected chi connectivity index (χ1v) is 7.86. The zero-order valence-electron chi connectivity index (χ0n) is 13.6. The van der Waals surface area contributed by atoms with E-state index in [1.54, 1.807) is 6.20 Å². The van der Waals surface area contributed by atoms with Crippen molar-refractivity contribution in [2.75, 3.05) is 0 Å². The highest BCUT2D eigenvalue weighted by atomic mass is 16.5. The number of pyridine rings is 1. The van der Waals surface area contributed by atoms with Gasteiger partial charge >= 0.3 is 0 Å². The highest BCUT2D eigenvalue weighted by Gasteiger charge is 2.17. The van der Waals surface area contributed by atoms with E-state index in [0.717, 1.165) is 23.0 Å². The first kappa shape index (κ1) is 15.3. The molecule has 1 N–H and O–H groups in total. The number of ether oxygens (including phenoxy) is 1. The Bertz CT molecular complexity index is 849. The molecule has 0 spiro atoms. The molecule has 0 saturated carbocycles. The number of Topliss-reactive ketones (excluding diaryl/α,β-unsaturated/α-hetero) is 1. The van der Waals surface area contributed by atoms with E-state index in [9.17, 15) is 4.79 Å². The van der Waals surface area contributed by atoms with Crippen LogP contribution in [0.3, 0.4) is 0 Å². The van der Waals surface area contributed by atoms with E-state index < -0.39 is 0 Å². The van der Waals surface area contributed by atoms with Crippen LogP contribution in [0, 0.1) is 5.92 Å². The molecule has 0 radical (unpaired) electrons. The van der Waals surface area contributed by atoms with Gasteiger partial charge in [-0.25, -0.2) is 4.98 Å². The van der Waals surface area contributed by atoms with Crippen LogP contribution in [-0.2, 0) is 6.42 Å². The van der Waals surface area contributed by atoms with Crippen molar-refractivity contribution in [3.8, 4) is 11.5 Å². The van der Waals surface area contributed by atoms with Crippen LogP contribution in [0.4, 0.5) is 0 Å². The van der Waals surface area contributed by atoms with Crippen LogP contribution >= 0.6 is 0 Å². The van der Waals surface area contributed by atoms with Gasteiger partial charge in [0, 0.05) is 17.5 Å². The molecule has 23 heavy (non-hydrogen) atoms. The summed E-state index contributed by atoms with van der Waals surface area (Å²) in [7, 11) is 0. The fourth-order valence-electron chi connectivity index (χ4n) is 2.49. The van der Waals surface area contributed by atoms with Crippen LogP contribution in [0.15, 0.2) is 42.7 Å². The fraction of sp³-hybridized carbons (Fsp3) is 0.263. The van der Waals surface area contributed by atoms with Gasteiger partial charge in [-0.3, -0.25) is 4.79 Å². The summed E-state index contributed by atoms with van der Waals surface area (Å²) in [6, 6.07) is 9.64. The number of carbonyl (C=O) groups is 1. The molecule has 1 aromatic carbocycles. The third kappa shape index (κ3) is 3.11. The Balaban J connectivity index is 2.00. The van der Waals surface area contributed by atoms with Gasteiger partial charge < -0.3 is 9.72 Å². The highest BCUT2D eigenvalue weighted by molar-refractivity contribution is 6.00. The summed E-state index contributed by atoms with van der Waals surface area (Å²) in [6.45, 7) is 5.87. The highest BCUT2D eigenvalue weighted by Crippen LogP contribution is 2.29. The lowest BCUT2D eigenvalue weighted by molar-refractivity contribution is 0.0937. The number of hydrogen-bond acceptors (Lipinski definition) is 3. The number of hydrogen-bond donors (Lipinski definition) is 1. The molecule has 4 heteroatoms. The Kier molecular flexibility index (Phi) is 4.15. The predicted molar refractivity (Wildman–Crippen MR) is 91.2 cm³/mol. The van der Waals surface area contributed by atoms with Gasteiger partial charge in [0.2, 0.25) is 0 Å². The molecule has 0 bridgehead atoms. The smallest absolute Gasteiger partial charge is 0.169 e. The second-order valence-electron chi connectivity index (χ2n) is 5.89. The van der Waals surface area contributed by atoms with Gasteiger partial charge in [-0.1, -0.05) is 26.8 Å². The largest absolute Gasteiger partial charge is 0.455 e. The maximum atomic E-state index is 12.4. The number of aromatic nitrogens is 2. The summed E-state index contributed by atoms with van der Waals surface area (Å²) in [4.78, 5) is 19.8. The number of aromatic amines is 1. The summed E-state index contributed by atoms with van der Waals surface area (Å²) in [5.74, 6) is 1.23.